The Morgan fingerprint density at radius 1 is 1.33 bits per heavy atom. The van der Waals surface area contributed by atoms with Crippen molar-refractivity contribution >= 4 is 22.7 Å². The molecule has 0 spiro atoms. The van der Waals surface area contributed by atoms with Crippen LogP contribution in [0.25, 0.3) is 10.9 Å². The number of H-pyrrole nitrogens is 1. The van der Waals surface area contributed by atoms with Gasteiger partial charge in [0, 0.05) is 5.39 Å². The van der Waals surface area contributed by atoms with E-state index in [2.05, 4.69) is 4.98 Å². The van der Waals surface area contributed by atoms with Gasteiger partial charge in [-0.1, -0.05) is 12.1 Å². The van der Waals surface area contributed by atoms with Crippen molar-refractivity contribution < 1.29 is 14.3 Å². The van der Waals surface area contributed by atoms with Gasteiger partial charge in [-0.2, -0.15) is 0 Å². The summed E-state index contributed by atoms with van der Waals surface area (Å²) >= 11 is 0. The summed E-state index contributed by atoms with van der Waals surface area (Å²) in [5.41, 5.74) is 6.93. The molecule has 5 heteroatoms. The van der Waals surface area contributed by atoms with Crippen LogP contribution < -0.4 is 10.5 Å². The molecule has 1 aromatic carbocycles. The third kappa shape index (κ3) is 1.99. The Labute approximate surface area is 105 Å². The Kier molecular flexibility index (Phi) is 3.41. The summed E-state index contributed by atoms with van der Waals surface area (Å²) in [6.45, 7) is 4.52. The number of ether oxygens (including phenoxy) is 2. The van der Waals surface area contributed by atoms with Gasteiger partial charge in [0.2, 0.25) is 0 Å². The molecule has 0 atom stereocenters. The van der Waals surface area contributed by atoms with Crippen molar-refractivity contribution in [2.75, 3.05) is 18.9 Å². The molecule has 0 bridgehead atoms. The van der Waals surface area contributed by atoms with Crippen LogP contribution in [0.2, 0.25) is 0 Å². The van der Waals surface area contributed by atoms with Gasteiger partial charge in [0.25, 0.3) is 0 Å². The molecular formula is C13H16N2O3. The number of hydrogen-bond donors (Lipinski definition) is 2. The molecule has 0 fully saturated rings. The maximum Gasteiger partial charge on any atom is 0.342 e. The third-order valence-electron chi connectivity index (χ3n) is 2.60. The molecule has 0 saturated heterocycles. The number of nitrogens with one attached hydrogen (secondary N) is 1. The van der Waals surface area contributed by atoms with E-state index in [-0.39, 0.29) is 0 Å². The Morgan fingerprint density at radius 3 is 2.78 bits per heavy atom. The first-order valence-electron chi connectivity index (χ1n) is 5.89. The summed E-state index contributed by atoms with van der Waals surface area (Å²) in [5.74, 6) is 0.558. The minimum absolute atomic E-state index is 0.301. The number of fused-ring (bicyclic) bond motifs is 1. The normalized spacial score (nSPS) is 10.6. The first-order chi connectivity index (χ1) is 8.69. The number of carbonyl (C=O) groups excluding carboxylic acids is 1. The third-order valence-corrected chi connectivity index (χ3v) is 2.60. The van der Waals surface area contributed by atoms with Gasteiger partial charge in [0.1, 0.15) is 17.1 Å². The zero-order chi connectivity index (χ0) is 13.1. The summed E-state index contributed by atoms with van der Waals surface area (Å²) in [6, 6.07) is 5.47. The molecule has 2 rings (SSSR count). The number of aromatic nitrogens is 1. The maximum absolute atomic E-state index is 11.8. The fraction of sp³-hybridized carbons (Fsp3) is 0.308. The second-order valence-corrected chi connectivity index (χ2v) is 3.75. The Morgan fingerprint density at radius 2 is 2.11 bits per heavy atom. The van der Waals surface area contributed by atoms with Crippen LogP contribution in [0.5, 0.6) is 5.75 Å². The monoisotopic (exact) mass is 248 g/mol. The molecule has 0 amide bonds. The van der Waals surface area contributed by atoms with Gasteiger partial charge in [-0.25, -0.2) is 4.79 Å². The second-order valence-electron chi connectivity index (χ2n) is 3.75. The summed E-state index contributed by atoms with van der Waals surface area (Å²) in [7, 11) is 0. The van der Waals surface area contributed by atoms with E-state index in [4.69, 9.17) is 15.2 Å². The molecule has 0 aliphatic carbocycles. The highest BCUT2D eigenvalue weighted by molar-refractivity contribution is 6.10. The number of anilines is 1. The maximum atomic E-state index is 11.8. The minimum Gasteiger partial charge on any atom is -0.492 e. The lowest BCUT2D eigenvalue weighted by molar-refractivity contribution is 0.0530. The fourth-order valence-corrected chi connectivity index (χ4v) is 1.91. The van der Waals surface area contributed by atoms with Crippen molar-refractivity contribution in [3.05, 3.63) is 23.8 Å². The van der Waals surface area contributed by atoms with Gasteiger partial charge < -0.3 is 20.2 Å². The summed E-state index contributed by atoms with van der Waals surface area (Å²) in [5, 5.41) is 0.719. The average Bonchev–Trinajstić information content (AvgIpc) is 2.67. The molecule has 0 aliphatic heterocycles. The lowest BCUT2D eigenvalue weighted by Gasteiger charge is -2.04. The van der Waals surface area contributed by atoms with Crippen molar-refractivity contribution in [3.63, 3.8) is 0 Å². The fourth-order valence-electron chi connectivity index (χ4n) is 1.91. The number of esters is 1. The molecule has 5 nitrogen and oxygen atoms in total. The molecule has 0 aliphatic rings. The predicted octanol–water partition coefficient (Wildman–Crippen LogP) is 2.33. The van der Waals surface area contributed by atoms with E-state index >= 15 is 0 Å². The lowest BCUT2D eigenvalue weighted by atomic mass is 10.1. The number of rotatable bonds is 4. The van der Waals surface area contributed by atoms with Crippen LogP contribution in [0, 0.1) is 0 Å². The predicted molar refractivity (Wildman–Crippen MR) is 69.8 cm³/mol. The molecule has 0 unspecified atom stereocenters. The van der Waals surface area contributed by atoms with Crippen molar-refractivity contribution in [1.82, 2.24) is 4.98 Å². The Bertz CT molecular complexity index is 575. The van der Waals surface area contributed by atoms with Crippen molar-refractivity contribution in [2.24, 2.45) is 0 Å². The molecule has 18 heavy (non-hydrogen) atoms. The second kappa shape index (κ2) is 5.00. The smallest absolute Gasteiger partial charge is 0.342 e. The van der Waals surface area contributed by atoms with Crippen LogP contribution in [0.3, 0.4) is 0 Å². The van der Waals surface area contributed by atoms with Crippen LogP contribution in [0.1, 0.15) is 24.2 Å². The average molecular weight is 248 g/mol. The number of para-hydroxylation sites is 1. The largest absolute Gasteiger partial charge is 0.492 e. The van der Waals surface area contributed by atoms with E-state index in [0.717, 1.165) is 10.9 Å². The molecule has 2 aromatic rings. The molecule has 0 saturated carbocycles. The van der Waals surface area contributed by atoms with Gasteiger partial charge in [-0.3, -0.25) is 0 Å². The minimum atomic E-state index is -0.421. The van der Waals surface area contributed by atoms with E-state index in [9.17, 15) is 4.79 Å². The van der Waals surface area contributed by atoms with Crippen molar-refractivity contribution in [2.45, 2.75) is 13.8 Å². The Hall–Kier alpha value is -2.17. The first kappa shape index (κ1) is 12.3. The van der Waals surface area contributed by atoms with Crippen molar-refractivity contribution in [3.8, 4) is 5.75 Å². The van der Waals surface area contributed by atoms with E-state index in [1.54, 1.807) is 6.92 Å². The van der Waals surface area contributed by atoms with Crippen LogP contribution in [-0.2, 0) is 4.74 Å². The SMILES string of the molecule is CCOC(=O)c1c(N)[nH]c2c(OCC)cccc12. The highest BCUT2D eigenvalue weighted by Gasteiger charge is 2.19. The quantitative estimate of drug-likeness (QED) is 0.814. The van der Waals surface area contributed by atoms with Gasteiger partial charge in [-0.15, -0.1) is 0 Å². The topological polar surface area (TPSA) is 77.3 Å². The lowest BCUT2D eigenvalue weighted by Crippen LogP contribution is -2.06. The Balaban J connectivity index is 2.58. The highest BCUT2D eigenvalue weighted by atomic mass is 16.5. The van der Waals surface area contributed by atoms with Crippen LogP contribution in [0.4, 0.5) is 5.82 Å². The van der Waals surface area contributed by atoms with Gasteiger partial charge in [-0.05, 0) is 19.9 Å². The standard InChI is InChI=1S/C13H16N2O3/c1-3-17-9-7-5-6-8-10(13(16)18-4-2)12(14)15-11(8)9/h5-7,15H,3-4,14H2,1-2H3. The van der Waals surface area contributed by atoms with Gasteiger partial charge in [0.05, 0.1) is 18.7 Å². The zero-order valence-electron chi connectivity index (χ0n) is 10.4. The zero-order valence-corrected chi connectivity index (χ0v) is 10.4. The van der Waals surface area contributed by atoms with Crippen LogP contribution >= 0.6 is 0 Å². The summed E-state index contributed by atoms with van der Waals surface area (Å²) < 4.78 is 10.5. The van der Waals surface area contributed by atoms with Crippen LogP contribution in [0.15, 0.2) is 18.2 Å². The number of nitrogens with two attached hydrogens (primary N) is 1. The number of benzene rings is 1. The van der Waals surface area contributed by atoms with Gasteiger partial charge in [0.15, 0.2) is 0 Å². The summed E-state index contributed by atoms with van der Waals surface area (Å²) in [4.78, 5) is 14.8. The van der Waals surface area contributed by atoms with E-state index in [1.165, 1.54) is 0 Å². The molecule has 1 aromatic heterocycles. The number of aromatic amines is 1. The molecule has 96 valence electrons. The highest BCUT2D eigenvalue weighted by Crippen LogP contribution is 2.31. The molecule has 0 radical (unpaired) electrons. The van der Waals surface area contributed by atoms with E-state index in [1.807, 2.05) is 25.1 Å². The van der Waals surface area contributed by atoms with Gasteiger partial charge >= 0.3 is 5.97 Å². The van der Waals surface area contributed by atoms with Crippen molar-refractivity contribution in [1.29, 1.82) is 0 Å². The van der Waals surface area contributed by atoms with E-state index in [0.29, 0.717) is 30.3 Å². The molecule has 1 heterocycles. The van der Waals surface area contributed by atoms with Crippen LogP contribution in [-0.4, -0.2) is 24.2 Å². The van der Waals surface area contributed by atoms with E-state index < -0.39 is 5.97 Å². The first-order valence-corrected chi connectivity index (χ1v) is 5.89. The number of carbonyl (C=O) groups is 1. The molecule has 3 N–H and O–H groups in total. The summed E-state index contributed by atoms with van der Waals surface area (Å²) in [6.07, 6.45) is 0. The number of hydrogen-bond acceptors (Lipinski definition) is 4. The molecular weight excluding hydrogens is 232 g/mol. The number of nitrogen functional groups attached to an aromatic ring is 1.